The van der Waals surface area contributed by atoms with Crippen molar-refractivity contribution in [1.29, 1.82) is 0 Å². The van der Waals surface area contributed by atoms with Crippen molar-refractivity contribution in [3.05, 3.63) is 82.2 Å². The van der Waals surface area contributed by atoms with E-state index in [-0.39, 0.29) is 54.9 Å². The molecule has 1 saturated carbocycles. The lowest BCUT2D eigenvalue weighted by molar-refractivity contribution is -0.264. The predicted molar refractivity (Wildman–Crippen MR) is 257 cm³/mol. The third-order valence-electron chi connectivity index (χ3n) is 14.9. The number of piperidine rings is 1. The molecule has 15 atom stereocenters. The first kappa shape index (κ1) is 55.2. The van der Waals surface area contributed by atoms with Crippen LogP contribution in [0.3, 0.4) is 0 Å². The van der Waals surface area contributed by atoms with Gasteiger partial charge < -0.3 is 44.6 Å². The number of allylic oxidation sites excluding steroid dienone is 7. The average molecular weight is 962 g/mol. The molecule has 4 aliphatic rings. The minimum absolute atomic E-state index is 0.0312. The summed E-state index contributed by atoms with van der Waals surface area (Å²) in [7, 11) is 1.54. The van der Waals surface area contributed by atoms with Gasteiger partial charge in [0.25, 0.3) is 11.7 Å². The second-order valence-electron chi connectivity index (χ2n) is 20.1. The first-order chi connectivity index (χ1) is 32.8. The summed E-state index contributed by atoms with van der Waals surface area (Å²) in [6.07, 6.45) is 11.4. The van der Waals surface area contributed by atoms with Crippen LogP contribution >= 0.6 is 0 Å². The van der Waals surface area contributed by atoms with Crippen LogP contribution in [-0.4, -0.2) is 118 Å². The Morgan fingerprint density at radius 2 is 1.71 bits per heavy atom. The van der Waals surface area contributed by atoms with Crippen molar-refractivity contribution in [3.63, 3.8) is 0 Å². The Hall–Kier alpha value is -4.74. The minimum Gasteiger partial charge on any atom is -0.469 e. The zero-order chi connectivity index (χ0) is 50.6. The molecule has 2 unspecified atom stereocenters. The van der Waals surface area contributed by atoms with Crippen LogP contribution < -0.4 is 5.73 Å². The fourth-order valence-corrected chi connectivity index (χ4v) is 10.5. The highest BCUT2D eigenvalue weighted by Crippen LogP contribution is 2.40. The summed E-state index contributed by atoms with van der Waals surface area (Å²) in [4.78, 5) is 74.7. The minimum atomic E-state index is -2.48. The Bertz CT molecular complexity index is 2110. The van der Waals surface area contributed by atoms with Crippen molar-refractivity contribution < 1.29 is 57.9 Å². The van der Waals surface area contributed by atoms with Gasteiger partial charge in [0.05, 0.1) is 24.5 Å². The number of hydrogen-bond acceptors (Lipinski definition) is 14. The molecule has 17 heteroatoms. The number of ether oxygens (including phenoxy) is 3. The summed E-state index contributed by atoms with van der Waals surface area (Å²) in [5.41, 5.74) is 17.1. The van der Waals surface area contributed by atoms with E-state index in [0.29, 0.717) is 70.0 Å². The van der Waals surface area contributed by atoms with Crippen LogP contribution in [0.4, 0.5) is 0 Å². The van der Waals surface area contributed by atoms with Crippen LogP contribution in [0, 0.1) is 29.6 Å². The first-order valence-electron chi connectivity index (χ1n) is 24.7. The van der Waals surface area contributed by atoms with Gasteiger partial charge in [0.15, 0.2) is 5.78 Å². The number of fused-ring (bicyclic) bond motifs is 3. The van der Waals surface area contributed by atoms with Gasteiger partial charge in [0, 0.05) is 54.7 Å². The fourth-order valence-electron chi connectivity index (χ4n) is 10.5. The van der Waals surface area contributed by atoms with Gasteiger partial charge in [-0.2, -0.15) is 0 Å². The Labute approximate surface area is 406 Å². The number of cyclic esters (lactones) is 1. The molecule has 5 N–H and O–H groups in total. The number of esters is 1. The van der Waals surface area contributed by atoms with Gasteiger partial charge in [0.2, 0.25) is 5.79 Å². The maximum absolute atomic E-state index is 14.4. The second kappa shape index (κ2) is 25.4. The predicted octanol–water partition coefficient (Wildman–Crippen LogP) is 6.90. The summed E-state index contributed by atoms with van der Waals surface area (Å²) in [6.45, 7) is 10.4. The van der Waals surface area contributed by atoms with Crippen molar-refractivity contribution in [2.45, 2.75) is 179 Å². The monoisotopic (exact) mass is 962 g/mol. The highest BCUT2D eigenvalue weighted by atomic mass is 16.6. The lowest BCUT2D eigenvalue weighted by atomic mass is 9.79. The summed E-state index contributed by atoms with van der Waals surface area (Å²) >= 11 is 0. The largest absolute Gasteiger partial charge is 0.469 e. The lowest BCUT2D eigenvalue weighted by Crippen LogP contribution is -2.61. The zero-order valence-corrected chi connectivity index (χ0v) is 41.4. The number of carbonyl (C=O) groups is 5. The summed E-state index contributed by atoms with van der Waals surface area (Å²) in [5, 5.41) is 38.2. The summed E-state index contributed by atoms with van der Waals surface area (Å²) in [6, 6.07) is 1.14. The number of carbonyl (C=O) groups excluding carboxylic acids is 5. The molecule has 2 bridgehead atoms. The van der Waals surface area contributed by atoms with Crippen LogP contribution in [0.25, 0.3) is 10.4 Å². The van der Waals surface area contributed by atoms with Crippen molar-refractivity contribution in [1.82, 2.24) is 4.90 Å². The molecule has 2 saturated heterocycles. The summed E-state index contributed by atoms with van der Waals surface area (Å²) < 4.78 is 23.9. The van der Waals surface area contributed by atoms with E-state index in [9.17, 15) is 39.3 Å². The molecule has 1 aromatic rings. The highest BCUT2D eigenvalue weighted by Gasteiger charge is 2.53. The third-order valence-corrected chi connectivity index (χ3v) is 14.9. The van der Waals surface area contributed by atoms with Crippen LogP contribution in [0.15, 0.2) is 75.5 Å². The normalized spacial score (nSPS) is 38.6. The van der Waals surface area contributed by atoms with E-state index in [2.05, 4.69) is 10.0 Å². The van der Waals surface area contributed by atoms with Crippen LogP contribution in [0.1, 0.15) is 130 Å². The molecule has 69 heavy (non-hydrogen) atoms. The Morgan fingerprint density at radius 3 is 2.41 bits per heavy atom. The van der Waals surface area contributed by atoms with Crippen LogP contribution in [0.2, 0.25) is 0 Å². The molecule has 3 fully saturated rings. The number of rotatable bonds is 6. The standard InChI is InChI=1S/C52H75N5O12/c1-30-14-9-8-10-15-31(2)38(43-17-13-23-67-43)28-37-20-18-35(6)52(65,69-37)49(62)50(63)57-22-12-11-16-41(57)51(64)68-44(39(53)26-36-19-21-40(55-56-54)45(27-36)66-7)29-42(58)32(3)25-34(5)47(60)48(61)46(59)33(4)24-30/h8-10,13-15,17,23,25,30,32-33,35-41,44-45,47-48,60-61,65H,11-12,16,18-22,24,26-29,53H2,1-7H3/b10-8+,14-9+,31-15+,34-25+/t30-,32-,33-,35-,36+,37+,38?,39-,40?,41+,44+,45-,47-,48+,52-/m1/s1. The number of furan rings is 1. The number of nitrogens with two attached hydrogens (primary N) is 1. The van der Waals surface area contributed by atoms with Gasteiger partial charge in [-0.25, -0.2) is 4.79 Å². The van der Waals surface area contributed by atoms with E-state index in [0.717, 1.165) is 10.5 Å². The number of ketones is 3. The van der Waals surface area contributed by atoms with E-state index in [4.69, 9.17) is 29.9 Å². The number of azide groups is 1. The zero-order valence-electron chi connectivity index (χ0n) is 41.4. The molecular weight excluding hydrogens is 887 g/mol. The number of Topliss-reactive ketones (excluding diaryl/α,β-unsaturated/α-hetero) is 3. The number of nitrogens with zero attached hydrogens (tertiary/aromatic N) is 4. The summed E-state index contributed by atoms with van der Waals surface area (Å²) in [5.74, 6) is -8.54. The number of methoxy groups -OCH3 is 1. The number of aliphatic hydroxyl groups excluding tert-OH is 2. The maximum atomic E-state index is 14.4. The van der Waals surface area contributed by atoms with Crippen molar-refractivity contribution in [2.24, 2.45) is 40.4 Å². The molecule has 17 nitrogen and oxygen atoms in total. The molecule has 380 valence electrons. The molecule has 1 amide bonds. The van der Waals surface area contributed by atoms with Gasteiger partial charge in [-0.05, 0) is 120 Å². The van der Waals surface area contributed by atoms with Crippen molar-refractivity contribution >= 4 is 29.2 Å². The van der Waals surface area contributed by atoms with Crippen molar-refractivity contribution in [3.8, 4) is 0 Å². The van der Waals surface area contributed by atoms with E-state index in [1.54, 1.807) is 33.1 Å². The van der Waals surface area contributed by atoms with Gasteiger partial charge in [-0.15, -0.1) is 0 Å². The average Bonchev–Trinajstić information content (AvgIpc) is 3.87. The smallest absolute Gasteiger partial charge is 0.329 e. The first-order valence-corrected chi connectivity index (χ1v) is 24.7. The molecule has 5 rings (SSSR count). The second-order valence-corrected chi connectivity index (χ2v) is 20.1. The quantitative estimate of drug-likeness (QED) is 0.0565. The molecule has 0 radical (unpaired) electrons. The molecular formula is C52H75N5O12. The number of aliphatic hydroxyl groups is 3. The Balaban J connectivity index is 1.48. The molecule has 3 aliphatic heterocycles. The maximum Gasteiger partial charge on any atom is 0.329 e. The van der Waals surface area contributed by atoms with Gasteiger partial charge in [0.1, 0.15) is 35.9 Å². The van der Waals surface area contributed by atoms with Gasteiger partial charge in [-0.3, -0.25) is 19.2 Å². The van der Waals surface area contributed by atoms with Crippen molar-refractivity contribution in [2.75, 3.05) is 13.7 Å². The fraction of sp³-hybridized carbons (Fsp3) is 0.673. The van der Waals surface area contributed by atoms with E-state index in [1.165, 1.54) is 20.1 Å². The SMILES string of the molecule is CO[C@@H]1C[C@H](C[C@@H](N)[C@@H]2CC(=O)[C@H](C)/C=C(\C)[C@@H](O)[C@@H](O)C(=O)[C@H](C)C[C@H](C)/C=C/C=C/C=C(\C)C(c3ccco3)C[C@@H]3CC[C@@H](C)[C@@](O)(O3)C(=O)C(=O)N3CCCC[C@H]3C(=O)O2)CCC1N=[N+]=[N-]. The Morgan fingerprint density at radius 1 is 0.957 bits per heavy atom. The van der Waals surface area contributed by atoms with E-state index in [1.807, 2.05) is 50.3 Å². The topological polar surface area (TPSA) is 265 Å². The van der Waals surface area contributed by atoms with Crippen LogP contribution in [-0.2, 0) is 38.2 Å². The van der Waals surface area contributed by atoms with E-state index >= 15 is 0 Å². The van der Waals surface area contributed by atoms with Gasteiger partial charge in [-0.1, -0.05) is 74.8 Å². The Kier molecular flexibility index (Phi) is 20.3. The molecule has 4 heterocycles. The highest BCUT2D eigenvalue weighted by molar-refractivity contribution is 6.39. The van der Waals surface area contributed by atoms with Crippen LogP contribution in [0.5, 0.6) is 0 Å². The lowest BCUT2D eigenvalue weighted by Gasteiger charge is -2.42. The third kappa shape index (κ3) is 14.2. The number of hydrogen-bond donors (Lipinski definition) is 4. The molecule has 1 aliphatic carbocycles. The molecule has 0 spiro atoms. The number of amides is 1. The van der Waals surface area contributed by atoms with Gasteiger partial charge >= 0.3 is 5.97 Å². The van der Waals surface area contributed by atoms with E-state index < -0.39 is 89.3 Å². The molecule has 1 aromatic heterocycles. The molecule has 0 aromatic carbocycles.